The molecule has 0 radical (unpaired) electrons. The Labute approximate surface area is 160 Å². The molecule has 0 fully saturated rings. The number of benzene rings is 1. The van der Waals surface area contributed by atoms with E-state index in [4.69, 9.17) is 0 Å². The molecule has 0 bridgehead atoms. The highest BCUT2D eigenvalue weighted by Crippen LogP contribution is 2.26. The van der Waals surface area contributed by atoms with Gasteiger partial charge in [-0.25, -0.2) is 4.98 Å². The third kappa shape index (κ3) is 2.60. The molecule has 1 aromatic carbocycles. The second-order valence-electron chi connectivity index (χ2n) is 6.94. The quantitative estimate of drug-likeness (QED) is 0.566. The summed E-state index contributed by atoms with van der Waals surface area (Å²) in [5.74, 6) is -0.438. The molecule has 28 heavy (non-hydrogen) atoms. The first-order valence-corrected chi connectivity index (χ1v) is 9.06. The van der Waals surface area contributed by atoms with Crippen LogP contribution in [0.3, 0.4) is 0 Å². The highest BCUT2D eigenvalue weighted by atomic mass is 16.2. The van der Waals surface area contributed by atoms with Crippen LogP contribution >= 0.6 is 0 Å². The van der Waals surface area contributed by atoms with E-state index in [1.165, 1.54) is 0 Å². The van der Waals surface area contributed by atoms with Crippen molar-refractivity contribution in [2.24, 2.45) is 0 Å². The van der Waals surface area contributed by atoms with Crippen LogP contribution in [0, 0.1) is 0 Å². The van der Waals surface area contributed by atoms with Crippen LogP contribution in [-0.4, -0.2) is 32.9 Å². The second kappa shape index (κ2) is 6.16. The fourth-order valence-corrected chi connectivity index (χ4v) is 3.60. The topological polar surface area (TPSA) is 88.9 Å². The Morgan fingerprint density at radius 2 is 2.04 bits per heavy atom. The van der Waals surface area contributed by atoms with Crippen LogP contribution in [0.2, 0.25) is 0 Å². The van der Waals surface area contributed by atoms with Gasteiger partial charge in [-0.1, -0.05) is 18.2 Å². The molecule has 0 saturated heterocycles. The summed E-state index contributed by atoms with van der Waals surface area (Å²) in [5.41, 5.74) is 2.97. The predicted molar refractivity (Wildman–Crippen MR) is 106 cm³/mol. The number of hydrogen-bond donors (Lipinski definition) is 2. The highest BCUT2D eigenvalue weighted by Gasteiger charge is 2.25. The Hall–Kier alpha value is -3.74. The summed E-state index contributed by atoms with van der Waals surface area (Å²) in [6.07, 6.45) is 1.63. The van der Waals surface area contributed by atoms with Crippen LogP contribution in [0.15, 0.2) is 54.7 Å². The van der Waals surface area contributed by atoms with Gasteiger partial charge in [0.1, 0.15) is 17.0 Å². The first-order chi connectivity index (χ1) is 13.6. The zero-order chi connectivity index (χ0) is 19.3. The van der Waals surface area contributed by atoms with Crippen LogP contribution in [-0.2, 0) is 0 Å². The minimum atomic E-state index is -0.317. The molecular weight excluding hydrogens is 354 g/mol. The van der Waals surface area contributed by atoms with Gasteiger partial charge in [-0.3, -0.25) is 14.6 Å². The van der Waals surface area contributed by atoms with Crippen LogP contribution in [0.25, 0.3) is 21.9 Å². The number of amides is 2. The SMILES string of the molecule is C[C@H]1CNC(=O)c2cc3ccc(C(=O)Nc4cnc5ccccc5c4)nc3n21. The Kier molecular flexibility index (Phi) is 3.61. The standard InChI is InChI=1S/C21H17N5O2/c1-12-10-23-21(28)18-9-14-6-7-17(25-19(14)26(12)18)20(27)24-15-8-13-4-2-3-5-16(13)22-11-15/h2-9,11-12H,10H2,1H3,(H,23,28)(H,24,27)/t12-/m0/s1. The van der Waals surface area contributed by atoms with Gasteiger partial charge < -0.3 is 15.2 Å². The normalized spacial score (nSPS) is 16.0. The molecule has 2 N–H and O–H groups in total. The molecule has 0 unspecified atom stereocenters. The molecule has 7 heteroatoms. The van der Waals surface area contributed by atoms with E-state index in [1.54, 1.807) is 12.3 Å². The van der Waals surface area contributed by atoms with E-state index in [1.807, 2.05) is 54.0 Å². The molecule has 3 aromatic heterocycles. The lowest BCUT2D eigenvalue weighted by Crippen LogP contribution is -2.37. The van der Waals surface area contributed by atoms with Gasteiger partial charge in [-0.05, 0) is 37.3 Å². The molecule has 0 spiro atoms. The molecular formula is C21H17N5O2. The maximum atomic E-state index is 12.7. The largest absolute Gasteiger partial charge is 0.349 e. The van der Waals surface area contributed by atoms with Crippen molar-refractivity contribution in [2.75, 3.05) is 11.9 Å². The lowest BCUT2D eigenvalue weighted by atomic mass is 10.2. The van der Waals surface area contributed by atoms with Crippen LogP contribution in [0.5, 0.6) is 0 Å². The number of carbonyl (C=O) groups excluding carboxylic acids is 2. The number of nitrogens with zero attached hydrogens (tertiary/aromatic N) is 3. The molecule has 7 nitrogen and oxygen atoms in total. The number of anilines is 1. The molecule has 138 valence electrons. The van der Waals surface area contributed by atoms with Gasteiger partial charge in [0.25, 0.3) is 11.8 Å². The van der Waals surface area contributed by atoms with Gasteiger partial charge in [0.15, 0.2) is 0 Å². The molecule has 2 amide bonds. The van der Waals surface area contributed by atoms with Gasteiger partial charge in [-0.2, -0.15) is 0 Å². The molecule has 4 heterocycles. The number of fused-ring (bicyclic) bond motifs is 4. The van der Waals surface area contributed by atoms with E-state index >= 15 is 0 Å². The highest BCUT2D eigenvalue weighted by molar-refractivity contribution is 6.05. The summed E-state index contributed by atoms with van der Waals surface area (Å²) in [5, 5.41) is 7.50. The van der Waals surface area contributed by atoms with Crippen molar-refractivity contribution in [2.45, 2.75) is 13.0 Å². The molecule has 5 rings (SSSR count). The zero-order valence-electron chi connectivity index (χ0n) is 15.1. The smallest absolute Gasteiger partial charge is 0.274 e. The van der Waals surface area contributed by atoms with Crippen molar-refractivity contribution in [3.63, 3.8) is 0 Å². The monoisotopic (exact) mass is 371 g/mol. The van der Waals surface area contributed by atoms with E-state index < -0.39 is 0 Å². The first kappa shape index (κ1) is 16.4. The number of para-hydroxylation sites is 1. The fraction of sp³-hybridized carbons (Fsp3) is 0.143. The molecule has 1 atom stereocenters. The summed E-state index contributed by atoms with van der Waals surface area (Å²) in [4.78, 5) is 33.8. The summed E-state index contributed by atoms with van der Waals surface area (Å²) < 4.78 is 1.89. The van der Waals surface area contributed by atoms with Gasteiger partial charge in [0.2, 0.25) is 0 Å². The fourth-order valence-electron chi connectivity index (χ4n) is 3.60. The third-order valence-electron chi connectivity index (χ3n) is 5.00. The minimum absolute atomic E-state index is 0.0701. The van der Waals surface area contributed by atoms with Crippen LogP contribution in [0.4, 0.5) is 5.69 Å². The van der Waals surface area contributed by atoms with Crippen LogP contribution in [0.1, 0.15) is 33.9 Å². The van der Waals surface area contributed by atoms with Crippen LogP contribution < -0.4 is 10.6 Å². The molecule has 1 aliphatic rings. The van der Waals surface area contributed by atoms with Gasteiger partial charge in [0.05, 0.1) is 23.4 Å². The molecule has 4 aromatic rings. The van der Waals surface area contributed by atoms with E-state index in [-0.39, 0.29) is 17.9 Å². The van der Waals surface area contributed by atoms with E-state index in [0.717, 1.165) is 16.3 Å². The van der Waals surface area contributed by atoms with Gasteiger partial charge in [-0.15, -0.1) is 0 Å². The molecule has 0 saturated carbocycles. The number of aromatic nitrogens is 3. The van der Waals surface area contributed by atoms with Crippen molar-refractivity contribution < 1.29 is 9.59 Å². The van der Waals surface area contributed by atoms with E-state index in [9.17, 15) is 9.59 Å². The Morgan fingerprint density at radius 3 is 2.93 bits per heavy atom. The number of nitrogens with one attached hydrogen (secondary N) is 2. The summed E-state index contributed by atoms with van der Waals surface area (Å²) in [6.45, 7) is 2.55. The van der Waals surface area contributed by atoms with E-state index in [0.29, 0.717) is 29.3 Å². The van der Waals surface area contributed by atoms with Crippen molar-refractivity contribution in [3.8, 4) is 0 Å². The third-order valence-corrected chi connectivity index (χ3v) is 5.00. The number of pyridine rings is 2. The Balaban J connectivity index is 1.50. The number of hydrogen-bond acceptors (Lipinski definition) is 4. The average Bonchev–Trinajstić information content (AvgIpc) is 3.11. The first-order valence-electron chi connectivity index (χ1n) is 9.06. The predicted octanol–water partition coefficient (Wildman–Crippen LogP) is 3.14. The molecule has 0 aliphatic carbocycles. The minimum Gasteiger partial charge on any atom is -0.349 e. The summed E-state index contributed by atoms with van der Waals surface area (Å²) in [6, 6.07) is 15.0. The van der Waals surface area contributed by atoms with Crippen molar-refractivity contribution in [3.05, 3.63) is 66.1 Å². The number of carbonyl (C=O) groups is 2. The second-order valence-corrected chi connectivity index (χ2v) is 6.94. The Morgan fingerprint density at radius 1 is 1.18 bits per heavy atom. The number of rotatable bonds is 2. The average molecular weight is 371 g/mol. The molecule has 1 aliphatic heterocycles. The van der Waals surface area contributed by atoms with Gasteiger partial charge >= 0.3 is 0 Å². The summed E-state index contributed by atoms with van der Waals surface area (Å²) in [7, 11) is 0. The maximum Gasteiger partial charge on any atom is 0.274 e. The van der Waals surface area contributed by atoms with E-state index in [2.05, 4.69) is 20.6 Å². The lowest BCUT2D eigenvalue weighted by Gasteiger charge is -2.23. The van der Waals surface area contributed by atoms with Gasteiger partial charge in [0, 0.05) is 17.3 Å². The Bertz CT molecular complexity index is 1260. The van der Waals surface area contributed by atoms with Crippen molar-refractivity contribution in [1.29, 1.82) is 0 Å². The zero-order valence-corrected chi connectivity index (χ0v) is 15.1. The van der Waals surface area contributed by atoms with Crippen molar-refractivity contribution in [1.82, 2.24) is 19.9 Å². The maximum absolute atomic E-state index is 12.7. The summed E-state index contributed by atoms with van der Waals surface area (Å²) >= 11 is 0. The van der Waals surface area contributed by atoms with Crippen molar-refractivity contribution >= 4 is 39.4 Å². The lowest BCUT2D eigenvalue weighted by molar-refractivity contribution is 0.0918.